The van der Waals surface area contributed by atoms with Crippen LogP contribution in [-0.4, -0.2) is 34.5 Å². The Morgan fingerprint density at radius 1 is 1.00 bits per heavy atom. The molecule has 10 heteroatoms. The third-order valence-electron chi connectivity index (χ3n) is 5.14. The molecule has 3 aromatic carbocycles. The van der Waals surface area contributed by atoms with Gasteiger partial charge in [0.15, 0.2) is 0 Å². The number of benzene rings is 3. The highest BCUT2D eigenvalue weighted by Gasteiger charge is 2.22. The van der Waals surface area contributed by atoms with E-state index in [-0.39, 0.29) is 10.5 Å². The van der Waals surface area contributed by atoms with Gasteiger partial charge in [-0.3, -0.25) is 9.10 Å². The number of thiophene rings is 1. The van der Waals surface area contributed by atoms with Gasteiger partial charge in [0.05, 0.1) is 33.8 Å². The molecule has 0 aliphatic heterocycles. The third-order valence-corrected chi connectivity index (χ3v) is 8.05. The SMILES string of the molecule is COC(=O)c1ccccc1NC(=O)c1cc2cc(N(C)S(=O)(=O)c3ccc(F)cc3)ccc2s1. The minimum Gasteiger partial charge on any atom is -0.465 e. The zero-order valence-corrected chi connectivity index (χ0v) is 19.7. The Labute approximate surface area is 199 Å². The number of halogens is 1. The first kappa shape index (κ1) is 23.4. The molecule has 1 N–H and O–H groups in total. The standard InChI is InChI=1S/C24H19FN2O5S2/c1-27(34(30,31)18-10-7-16(25)8-11-18)17-9-12-21-15(13-17)14-22(33-21)23(28)26-20-6-4-3-5-19(20)24(29)32-2/h3-14H,1-2H3,(H,26,28). The Morgan fingerprint density at radius 3 is 2.41 bits per heavy atom. The van der Waals surface area contributed by atoms with Gasteiger partial charge in [-0.1, -0.05) is 12.1 Å². The van der Waals surface area contributed by atoms with E-state index in [0.29, 0.717) is 21.6 Å². The molecule has 0 aliphatic carbocycles. The highest BCUT2D eigenvalue weighted by Crippen LogP contribution is 2.32. The summed E-state index contributed by atoms with van der Waals surface area (Å²) in [6.45, 7) is 0. The van der Waals surface area contributed by atoms with Crippen molar-refractivity contribution in [3.63, 3.8) is 0 Å². The minimum absolute atomic E-state index is 0.0360. The van der Waals surface area contributed by atoms with Crippen LogP contribution in [0.15, 0.2) is 77.7 Å². The van der Waals surface area contributed by atoms with Gasteiger partial charge in [-0.25, -0.2) is 17.6 Å². The van der Waals surface area contributed by atoms with Gasteiger partial charge in [0.1, 0.15) is 5.82 Å². The predicted molar refractivity (Wildman–Crippen MR) is 130 cm³/mol. The highest BCUT2D eigenvalue weighted by atomic mass is 32.2. The number of fused-ring (bicyclic) bond motifs is 1. The smallest absolute Gasteiger partial charge is 0.339 e. The van der Waals surface area contributed by atoms with Gasteiger partial charge in [0, 0.05) is 11.7 Å². The molecule has 0 fully saturated rings. The number of carbonyl (C=O) groups excluding carboxylic acids is 2. The molecule has 0 saturated carbocycles. The van der Waals surface area contributed by atoms with Crippen LogP contribution < -0.4 is 9.62 Å². The van der Waals surface area contributed by atoms with Gasteiger partial charge in [-0.2, -0.15) is 0 Å². The van der Waals surface area contributed by atoms with Crippen molar-refractivity contribution >= 4 is 54.7 Å². The lowest BCUT2D eigenvalue weighted by Crippen LogP contribution is -2.26. The second kappa shape index (κ2) is 9.24. The number of hydrogen-bond donors (Lipinski definition) is 1. The number of carbonyl (C=O) groups is 2. The summed E-state index contributed by atoms with van der Waals surface area (Å²) < 4.78 is 45.7. The number of esters is 1. The summed E-state index contributed by atoms with van der Waals surface area (Å²) in [6, 6.07) is 17.8. The molecule has 7 nitrogen and oxygen atoms in total. The third kappa shape index (κ3) is 4.50. The van der Waals surface area contributed by atoms with Crippen molar-refractivity contribution in [3.05, 3.63) is 89.1 Å². The Kier molecular flexibility index (Phi) is 6.36. The van der Waals surface area contributed by atoms with E-state index in [9.17, 15) is 22.4 Å². The van der Waals surface area contributed by atoms with Gasteiger partial charge in [-0.05, 0) is 66.0 Å². The molecule has 174 valence electrons. The number of amides is 1. The fourth-order valence-corrected chi connectivity index (χ4v) is 5.43. The maximum Gasteiger partial charge on any atom is 0.339 e. The van der Waals surface area contributed by atoms with Gasteiger partial charge >= 0.3 is 5.97 Å². The molecule has 34 heavy (non-hydrogen) atoms. The number of nitrogens with zero attached hydrogens (tertiary/aromatic N) is 1. The second-order valence-electron chi connectivity index (χ2n) is 7.25. The summed E-state index contributed by atoms with van der Waals surface area (Å²) in [5, 5.41) is 3.40. The van der Waals surface area contributed by atoms with Crippen molar-refractivity contribution in [2.75, 3.05) is 23.8 Å². The number of sulfonamides is 1. The molecule has 0 radical (unpaired) electrons. The molecule has 1 heterocycles. The van der Waals surface area contributed by atoms with Crippen molar-refractivity contribution in [3.8, 4) is 0 Å². The van der Waals surface area contributed by atoms with Crippen LogP contribution in [0, 0.1) is 5.82 Å². The average molecular weight is 499 g/mol. The molecule has 1 aromatic heterocycles. The Bertz CT molecular complexity index is 1500. The van der Waals surface area contributed by atoms with Crippen LogP contribution in [0.3, 0.4) is 0 Å². The van der Waals surface area contributed by atoms with Gasteiger partial charge in [0.25, 0.3) is 15.9 Å². The summed E-state index contributed by atoms with van der Waals surface area (Å²) in [7, 11) is -1.23. The highest BCUT2D eigenvalue weighted by molar-refractivity contribution is 7.92. The molecule has 0 spiro atoms. The van der Waals surface area contributed by atoms with Gasteiger partial charge < -0.3 is 10.1 Å². The normalized spacial score (nSPS) is 11.3. The Balaban J connectivity index is 1.61. The molecular weight excluding hydrogens is 479 g/mol. The van der Waals surface area contributed by atoms with Gasteiger partial charge in [0.2, 0.25) is 0 Å². The molecule has 0 saturated heterocycles. The Hall–Kier alpha value is -3.76. The molecule has 4 rings (SSSR count). The van der Waals surface area contributed by atoms with Crippen LogP contribution >= 0.6 is 11.3 Å². The number of rotatable bonds is 6. The zero-order valence-electron chi connectivity index (χ0n) is 18.1. The molecular formula is C24H19FN2O5S2. The lowest BCUT2D eigenvalue weighted by molar-refractivity contribution is 0.0602. The van der Waals surface area contributed by atoms with E-state index < -0.39 is 27.7 Å². The van der Waals surface area contributed by atoms with Gasteiger partial charge in [-0.15, -0.1) is 11.3 Å². The van der Waals surface area contributed by atoms with Crippen molar-refractivity contribution in [1.29, 1.82) is 0 Å². The van der Waals surface area contributed by atoms with E-state index in [2.05, 4.69) is 5.32 Å². The first-order valence-electron chi connectivity index (χ1n) is 9.97. The fourth-order valence-electron chi connectivity index (χ4n) is 3.31. The topological polar surface area (TPSA) is 92.8 Å². The Morgan fingerprint density at radius 2 is 1.71 bits per heavy atom. The van der Waals surface area contributed by atoms with E-state index in [1.165, 1.54) is 37.6 Å². The van der Waals surface area contributed by atoms with Crippen LogP contribution in [0.4, 0.5) is 15.8 Å². The number of para-hydroxylation sites is 1. The van der Waals surface area contributed by atoms with Crippen molar-refractivity contribution < 1.29 is 27.1 Å². The van der Waals surface area contributed by atoms with Crippen molar-refractivity contribution in [1.82, 2.24) is 0 Å². The molecule has 0 aliphatic rings. The van der Waals surface area contributed by atoms with E-state index >= 15 is 0 Å². The van der Waals surface area contributed by atoms with Crippen LogP contribution in [-0.2, 0) is 14.8 Å². The first-order chi connectivity index (χ1) is 16.2. The van der Waals surface area contributed by atoms with E-state index in [0.717, 1.165) is 21.1 Å². The van der Waals surface area contributed by atoms with Crippen LogP contribution in [0.25, 0.3) is 10.1 Å². The van der Waals surface area contributed by atoms with E-state index in [1.54, 1.807) is 48.5 Å². The molecule has 1 amide bonds. The molecule has 0 atom stereocenters. The summed E-state index contributed by atoms with van der Waals surface area (Å²) in [6.07, 6.45) is 0. The second-order valence-corrected chi connectivity index (χ2v) is 10.3. The van der Waals surface area contributed by atoms with Crippen LogP contribution in [0.1, 0.15) is 20.0 Å². The number of nitrogens with one attached hydrogen (secondary N) is 1. The first-order valence-corrected chi connectivity index (χ1v) is 12.2. The number of ether oxygens (including phenoxy) is 1. The number of methoxy groups -OCH3 is 1. The van der Waals surface area contributed by atoms with Crippen LogP contribution in [0.2, 0.25) is 0 Å². The minimum atomic E-state index is -3.90. The van der Waals surface area contributed by atoms with E-state index in [1.807, 2.05) is 0 Å². The molecule has 0 bridgehead atoms. The van der Waals surface area contributed by atoms with Crippen molar-refractivity contribution in [2.45, 2.75) is 4.90 Å². The zero-order chi connectivity index (χ0) is 24.5. The predicted octanol–water partition coefficient (Wildman–Crippen LogP) is 4.90. The van der Waals surface area contributed by atoms with Crippen LogP contribution in [0.5, 0.6) is 0 Å². The van der Waals surface area contributed by atoms with Crippen molar-refractivity contribution in [2.24, 2.45) is 0 Å². The summed E-state index contributed by atoms with van der Waals surface area (Å²) >= 11 is 1.23. The largest absolute Gasteiger partial charge is 0.465 e. The summed E-state index contributed by atoms with van der Waals surface area (Å²) in [5.74, 6) is -1.50. The summed E-state index contributed by atoms with van der Waals surface area (Å²) in [5.41, 5.74) is 0.939. The lowest BCUT2D eigenvalue weighted by atomic mass is 10.1. The molecule has 0 unspecified atom stereocenters. The number of hydrogen-bond acceptors (Lipinski definition) is 6. The van der Waals surface area contributed by atoms with E-state index in [4.69, 9.17) is 4.74 Å². The average Bonchev–Trinajstić information content (AvgIpc) is 3.27. The monoisotopic (exact) mass is 498 g/mol. The lowest BCUT2D eigenvalue weighted by Gasteiger charge is -2.19. The number of anilines is 2. The maximum atomic E-state index is 13.2. The quantitative estimate of drug-likeness (QED) is 0.382. The fraction of sp³-hybridized carbons (Fsp3) is 0.0833. The molecule has 4 aromatic rings. The summed E-state index contributed by atoms with van der Waals surface area (Å²) in [4.78, 5) is 25.1. The maximum absolute atomic E-state index is 13.2.